The van der Waals surface area contributed by atoms with Crippen LogP contribution < -0.4 is 10.9 Å². The Morgan fingerprint density at radius 1 is 1.14 bits per heavy atom. The van der Waals surface area contributed by atoms with Crippen LogP contribution in [0.5, 0.6) is 0 Å². The molecule has 7 heteroatoms. The second-order valence-corrected chi connectivity index (χ2v) is 8.93. The summed E-state index contributed by atoms with van der Waals surface area (Å²) in [5, 5.41) is 3.66. The molecule has 28 heavy (non-hydrogen) atoms. The number of aryl methyl sites for hydroxylation is 4. The van der Waals surface area contributed by atoms with E-state index in [1.165, 1.54) is 6.08 Å². The lowest BCUT2D eigenvalue weighted by Crippen LogP contribution is -2.31. The van der Waals surface area contributed by atoms with Gasteiger partial charge in [-0.25, -0.2) is 8.42 Å². The summed E-state index contributed by atoms with van der Waals surface area (Å²) in [6.07, 6.45) is 5.12. The minimum absolute atomic E-state index is 0.0133. The quantitative estimate of drug-likeness (QED) is 0.806. The third-order valence-corrected chi connectivity index (χ3v) is 6.51. The fraction of sp³-hybridized carbons (Fsp3) is 0.333. The number of pyridine rings is 1. The lowest BCUT2D eigenvalue weighted by molar-refractivity contribution is 0.0956. The number of benzene rings is 1. The van der Waals surface area contributed by atoms with Crippen molar-refractivity contribution in [1.82, 2.24) is 10.3 Å². The number of nitrogens with one attached hydrogen (secondary N) is 2. The first-order valence-electron chi connectivity index (χ1n) is 9.30. The van der Waals surface area contributed by atoms with Crippen LogP contribution in [0.1, 0.15) is 45.6 Å². The molecule has 148 valence electrons. The van der Waals surface area contributed by atoms with Gasteiger partial charge in [0.2, 0.25) is 0 Å². The molecule has 0 unspecified atom stereocenters. The minimum atomic E-state index is -3.58. The molecule has 0 fully saturated rings. The van der Waals surface area contributed by atoms with Crippen molar-refractivity contribution in [2.45, 2.75) is 44.4 Å². The van der Waals surface area contributed by atoms with E-state index < -0.39 is 21.3 Å². The molecule has 1 aliphatic rings. The smallest absolute Gasteiger partial charge is 0.261 e. The van der Waals surface area contributed by atoms with Crippen molar-refractivity contribution in [3.63, 3.8) is 0 Å². The average Bonchev–Trinajstić information content (AvgIpc) is 2.66. The van der Waals surface area contributed by atoms with Gasteiger partial charge in [-0.15, -0.1) is 0 Å². The molecule has 1 aromatic heterocycles. The summed E-state index contributed by atoms with van der Waals surface area (Å²) >= 11 is 0. The number of hydrogen-bond donors (Lipinski definition) is 2. The number of amides is 1. The van der Waals surface area contributed by atoms with E-state index in [9.17, 15) is 18.0 Å². The SMILES string of the molecule is Cc1ccc(S(=O)(=O)/C=C/CNC(=O)c2cc3c([nH]c2=O)CCCC3)cc1C. The number of sulfone groups is 1. The van der Waals surface area contributed by atoms with Crippen molar-refractivity contribution in [3.8, 4) is 0 Å². The molecule has 0 saturated heterocycles. The molecule has 0 atom stereocenters. The van der Waals surface area contributed by atoms with Gasteiger partial charge in [-0.2, -0.15) is 0 Å². The average molecular weight is 401 g/mol. The van der Waals surface area contributed by atoms with Crippen LogP contribution in [0.25, 0.3) is 0 Å². The summed E-state index contributed by atoms with van der Waals surface area (Å²) in [6, 6.07) is 6.60. The highest BCUT2D eigenvalue weighted by Crippen LogP contribution is 2.19. The monoisotopic (exact) mass is 400 g/mol. The van der Waals surface area contributed by atoms with Crippen LogP contribution in [-0.4, -0.2) is 25.9 Å². The molecule has 2 aromatic rings. The molecule has 1 amide bonds. The van der Waals surface area contributed by atoms with Gasteiger partial charge in [0.05, 0.1) is 4.90 Å². The van der Waals surface area contributed by atoms with Crippen LogP contribution >= 0.6 is 0 Å². The standard InChI is InChI=1S/C21H24N2O4S/c1-14-8-9-17(12-15(14)2)28(26,27)11-5-10-22-20(24)18-13-16-6-3-4-7-19(16)23-21(18)25/h5,8-9,11-13H,3-4,6-7,10H2,1-2H3,(H,22,24)(H,23,25)/b11-5+. The Morgan fingerprint density at radius 3 is 2.64 bits per heavy atom. The maximum absolute atomic E-state index is 12.4. The number of aromatic nitrogens is 1. The first-order chi connectivity index (χ1) is 13.3. The van der Waals surface area contributed by atoms with Crippen LogP contribution in [0.15, 0.2) is 45.4 Å². The van der Waals surface area contributed by atoms with E-state index in [1.807, 2.05) is 13.8 Å². The maximum Gasteiger partial charge on any atom is 0.261 e. The second-order valence-electron chi connectivity index (χ2n) is 7.10. The number of aromatic amines is 1. The van der Waals surface area contributed by atoms with E-state index in [1.54, 1.807) is 24.3 Å². The molecule has 1 heterocycles. The second kappa shape index (κ2) is 8.14. The maximum atomic E-state index is 12.4. The summed E-state index contributed by atoms with van der Waals surface area (Å²) in [7, 11) is -3.58. The fourth-order valence-electron chi connectivity index (χ4n) is 3.23. The molecule has 0 spiro atoms. The zero-order valence-corrected chi connectivity index (χ0v) is 16.9. The highest BCUT2D eigenvalue weighted by atomic mass is 32.2. The zero-order chi connectivity index (χ0) is 20.3. The zero-order valence-electron chi connectivity index (χ0n) is 16.0. The minimum Gasteiger partial charge on any atom is -0.348 e. The summed E-state index contributed by atoms with van der Waals surface area (Å²) in [5.41, 5.74) is 3.48. The normalized spacial score (nSPS) is 14.1. The third kappa shape index (κ3) is 4.42. The fourth-order valence-corrected chi connectivity index (χ4v) is 4.34. The highest BCUT2D eigenvalue weighted by molar-refractivity contribution is 7.94. The summed E-state index contributed by atoms with van der Waals surface area (Å²) in [5.74, 6) is -0.511. The molecule has 0 bridgehead atoms. The third-order valence-electron chi connectivity index (χ3n) is 5.05. The van der Waals surface area contributed by atoms with Crippen LogP contribution in [0, 0.1) is 13.8 Å². The number of carbonyl (C=O) groups is 1. The van der Waals surface area contributed by atoms with Gasteiger partial charge in [-0.05, 0) is 74.4 Å². The predicted octanol–water partition coefficient (Wildman–Crippen LogP) is 2.59. The molecule has 0 saturated carbocycles. The molecular weight excluding hydrogens is 376 g/mol. The molecule has 0 radical (unpaired) electrons. The van der Waals surface area contributed by atoms with E-state index in [-0.39, 0.29) is 17.0 Å². The Bertz CT molecular complexity index is 1100. The molecule has 6 nitrogen and oxygen atoms in total. The molecule has 1 aromatic carbocycles. The van der Waals surface area contributed by atoms with E-state index in [4.69, 9.17) is 0 Å². The number of H-pyrrole nitrogens is 1. The molecule has 3 rings (SSSR count). The Kier molecular flexibility index (Phi) is 5.84. The number of hydrogen-bond acceptors (Lipinski definition) is 4. The summed E-state index contributed by atoms with van der Waals surface area (Å²) in [4.78, 5) is 27.5. The van der Waals surface area contributed by atoms with Gasteiger partial charge < -0.3 is 10.3 Å². The van der Waals surface area contributed by atoms with Crippen LogP contribution in [0.3, 0.4) is 0 Å². The van der Waals surface area contributed by atoms with Crippen LogP contribution in [0.4, 0.5) is 0 Å². The van der Waals surface area contributed by atoms with Gasteiger partial charge in [-0.3, -0.25) is 9.59 Å². The van der Waals surface area contributed by atoms with Crippen molar-refractivity contribution in [1.29, 1.82) is 0 Å². The number of carbonyl (C=O) groups excluding carboxylic acids is 1. The van der Waals surface area contributed by atoms with Crippen molar-refractivity contribution in [2.75, 3.05) is 6.54 Å². The van der Waals surface area contributed by atoms with Gasteiger partial charge in [0, 0.05) is 17.6 Å². The van der Waals surface area contributed by atoms with Crippen LogP contribution in [0.2, 0.25) is 0 Å². The van der Waals surface area contributed by atoms with Gasteiger partial charge in [-0.1, -0.05) is 12.1 Å². The number of rotatable bonds is 5. The Labute approximate surface area is 164 Å². The van der Waals surface area contributed by atoms with E-state index in [0.29, 0.717) is 0 Å². The van der Waals surface area contributed by atoms with Crippen molar-refractivity contribution >= 4 is 15.7 Å². The van der Waals surface area contributed by atoms with Crippen molar-refractivity contribution in [3.05, 3.63) is 74.1 Å². The lowest BCUT2D eigenvalue weighted by atomic mass is 9.95. The Balaban J connectivity index is 1.66. The van der Waals surface area contributed by atoms with Gasteiger partial charge in [0.15, 0.2) is 9.84 Å². The van der Waals surface area contributed by atoms with Gasteiger partial charge >= 0.3 is 0 Å². The lowest BCUT2D eigenvalue weighted by Gasteiger charge is -2.15. The highest BCUT2D eigenvalue weighted by Gasteiger charge is 2.17. The van der Waals surface area contributed by atoms with Crippen molar-refractivity contribution in [2.24, 2.45) is 0 Å². The topological polar surface area (TPSA) is 96.1 Å². The largest absolute Gasteiger partial charge is 0.348 e. The summed E-state index contributed by atoms with van der Waals surface area (Å²) < 4.78 is 24.7. The first kappa shape index (κ1) is 20.1. The molecular formula is C21H24N2O4S. The van der Waals surface area contributed by atoms with E-state index >= 15 is 0 Å². The molecule has 0 aliphatic heterocycles. The van der Waals surface area contributed by atoms with Crippen LogP contribution in [-0.2, 0) is 22.7 Å². The first-order valence-corrected chi connectivity index (χ1v) is 10.8. The summed E-state index contributed by atoms with van der Waals surface area (Å²) in [6.45, 7) is 3.79. The Morgan fingerprint density at radius 2 is 1.89 bits per heavy atom. The van der Waals surface area contributed by atoms with Gasteiger partial charge in [0.25, 0.3) is 11.5 Å². The van der Waals surface area contributed by atoms with E-state index in [0.717, 1.165) is 53.5 Å². The van der Waals surface area contributed by atoms with Gasteiger partial charge in [0.1, 0.15) is 5.56 Å². The molecule has 2 N–H and O–H groups in total. The number of fused-ring (bicyclic) bond motifs is 1. The Hall–Kier alpha value is -2.67. The van der Waals surface area contributed by atoms with Crippen molar-refractivity contribution < 1.29 is 13.2 Å². The molecule has 1 aliphatic carbocycles. The van der Waals surface area contributed by atoms with E-state index in [2.05, 4.69) is 10.3 Å². The predicted molar refractivity (Wildman–Crippen MR) is 108 cm³/mol.